The first-order valence-corrected chi connectivity index (χ1v) is 11.7. The van der Waals surface area contributed by atoms with Crippen molar-refractivity contribution in [2.75, 3.05) is 25.2 Å². The number of nitrogens with zero attached hydrogens (tertiary/aromatic N) is 3. The molecule has 9 heteroatoms. The van der Waals surface area contributed by atoms with E-state index in [1.54, 1.807) is 18.2 Å². The summed E-state index contributed by atoms with van der Waals surface area (Å²) in [6.07, 6.45) is 5.14. The van der Waals surface area contributed by atoms with E-state index >= 15 is 0 Å². The fourth-order valence-corrected chi connectivity index (χ4v) is 4.60. The van der Waals surface area contributed by atoms with Crippen LogP contribution in [0.3, 0.4) is 0 Å². The van der Waals surface area contributed by atoms with E-state index in [0.717, 1.165) is 60.1 Å². The van der Waals surface area contributed by atoms with Crippen molar-refractivity contribution in [3.05, 3.63) is 66.1 Å². The number of likely N-dealkylation sites (tertiary alicyclic amines) is 1. The molecule has 0 unspecified atom stereocenters. The first kappa shape index (κ1) is 21.6. The van der Waals surface area contributed by atoms with E-state index in [4.69, 9.17) is 9.47 Å². The van der Waals surface area contributed by atoms with Crippen molar-refractivity contribution >= 4 is 22.5 Å². The number of aromatic amines is 1. The Balaban J connectivity index is 1.23. The number of nitrogens with one attached hydrogen (secondary N) is 2. The first-order chi connectivity index (χ1) is 17.1. The second-order valence-electron chi connectivity index (χ2n) is 8.94. The molecule has 3 N–H and O–H groups in total. The quantitative estimate of drug-likeness (QED) is 0.408. The third-order valence-electron chi connectivity index (χ3n) is 6.50. The molecule has 1 amide bonds. The van der Waals surface area contributed by atoms with Gasteiger partial charge in [-0.15, -0.1) is 0 Å². The van der Waals surface area contributed by atoms with Crippen LogP contribution in [0.4, 0.5) is 5.69 Å². The topological polar surface area (TPSA) is 113 Å². The normalized spacial score (nSPS) is 16.0. The number of H-pyrrole nitrogens is 1. The van der Waals surface area contributed by atoms with Crippen molar-refractivity contribution in [3.63, 3.8) is 0 Å². The molecule has 0 spiro atoms. The Morgan fingerprint density at radius 3 is 2.80 bits per heavy atom. The largest absolute Gasteiger partial charge is 0.454 e. The summed E-state index contributed by atoms with van der Waals surface area (Å²) < 4.78 is 10.7. The maximum absolute atomic E-state index is 13.0. The number of piperidine rings is 1. The number of amides is 1. The van der Waals surface area contributed by atoms with Gasteiger partial charge < -0.3 is 19.9 Å². The number of ether oxygens (including phenoxy) is 2. The van der Waals surface area contributed by atoms with Gasteiger partial charge in [0.2, 0.25) is 6.79 Å². The highest BCUT2D eigenvalue weighted by molar-refractivity contribution is 6.11. The fourth-order valence-electron chi connectivity index (χ4n) is 4.60. The van der Waals surface area contributed by atoms with Crippen LogP contribution in [0.5, 0.6) is 11.5 Å². The van der Waals surface area contributed by atoms with Crippen LogP contribution in [0, 0.1) is 0 Å². The molecule has 0 aliphatic carbocycles. The van der Waals surface area contributed by atoms with Crippen molar-refractivity contribution in [2.24, 2.45) is 0 Å². The van der Waals surface area contributed by atoms with E-state index in [1.807, 2.05) is 30.6 Å². The summed E-state index contributed by atoms with van der Waals surface area (Å²) in [7, 11) is 0. The number of hydrogen-bond acceptors (Lipinski definition) is 7. The predicted molar refractivity (Wildman–Crippen MR) is 130 cm³/mol. The number of aliphatic hydroxyl groups excluding tert-OH is 1. The van der Waals surface area contributed by atoms with Gasteiger partial charge in [-0.3, -0.25) is 19.8 Å². The van der Waals surface area contributed by atoms with Crippen LogP contribution in [0.2, 0.25) is 0 Å². The van der Waals surface area contributed by atoms with Crippen molar-refractivity contribution < 1.29 is 19.4 Å². The summed E-state index contributed by atoms with van der Waals surface area (Å²) in [6, 6.07) is 13.3. The average molecular weight is 472 g/mol. The molecule has 0 bridgehead atoms. The van der Waals surface area contributed by atoms with Crippen LogP contribution in [-0.4, -0.2) is 57.1 Å². The van der Waals surface area contributed by atoms with Crippen molar-refractivity contribution in [1.29, 1.82) is 0 Å². The lowest BCUT2D eigenvalue weighted by Crippen LogP contribution is -2.35. The summed E-state index contributed by atoms with van der Waals surface area (Å²) in [5, 5.41) is 20.6. The molecule has 2 aliphatic rings. The molecule has 9 nitrogen and oxygen atoms in total. The second-order valence-corrected chi connectivity index (χ2v) is 8.94. The number of aliphatic hydroxyl groups is 1. The third-order valence-corrected chi connectivity index (χ3v) is 6.50. The summed E-state index contributed by atoms with van der Waals surface area (Å²) in [4.78, 5) is 19.8. The van der Waals surface area contributed by atoms with E-state index in [0.29, 0.717) is 22.9 Å². The predicted octanol–water partition coefficient (Wildman–Crippen LogP) is 3.56. The monoisotopic (exact) mass is 471 g/mol. The lowest BCUT2D eigenvalue weighted by molar-refractivity contribution is 0.0792. The van der Waals surface area contributed by atoms with Gasteiger partial charge in [-0.2, -0.15) is 5.10 Å². The minimum atomic E-state index is -0.313. The number of benzene rings is 2. The average Bonchev–Trinajstić information content (AvgIpc) is 3.52. The van der Waals surface area contributed by atoms with Gasteiger partial charge in [0.25, 0.3) is 5.91 Å². The van der Waals surface area contributed by atoms with Crippen molar-refractivity contribution in [3.8, 4) is 22.6 Å². The molecule has 2 aromatic heterocycles. The molecular formula is C26H25N5O4. The highest BCUT2D eigenvalue weighted by Crippen LogP contribution is 2.34. The zero-order valence-electron chi connectivity index (χ0n) is 19.0. The highest BCUT2D eigenvalue weighted by atomic mass is 16.7. The fraction of sp³-hybridized carbons (Fsp3) is 0.269. The second kappa shape index (κ2) is 9.01. The van der Waals surface area contributed by atoms with E-state index in [2.05, 4.69) is 31.5 Å². The SMILES string of the molecule is O=C(Nc1ccc2c(c1)OCO2)c1n[nH]c2ccc(-c3cncc(CN4CCC(O)CC4)c3)cc12. The Labute approximate surface area is 201 Å². The Kier molecular flexibility index (Phi) is 5.55. The number of carbonyl (C=O) groups excluding carboxylic acids is 1. The van der Waals surface area contributed by atoms with Gasteiger partial charge in [-0.05, 0) is 54.3 Å². The number of carbonyl (C=O) groups is 1. The van der Waals surface area contributed by atoms with Crippen LogP contribution in [0.25, 0.3) is 22.0 Å². The minimum Gasteiger partial charge on any atom is -0.454 e. The number of anilines is 1. The third kappa shape index (κ3) is 4.43. The maximum Gasteiger partial charge on any atom is 0.276 e. The van der Waals surface area contributed by atoms with Gasteiger partial charge in [0.05, 0.1) is 11.6 Å². The lowest BCUT2D eigenvalue weighted by atomic mass is 10.0. The lowest BCUT2D eigenvalue weighted by Gasteiger charge is -2.29. The Morgan fingerprint density at radius 2 is 1.91 bits per heavy atom. The Bertz CT molecular complexity index is 1390. The number of pyridine rings is 1. The van der Waals surface area contributed by atoms with E-state index in [1.165, 1.54) is 0 Å². The zero-order valence-corrected chi connectivity index (χ0v) is 19.0. The standard InChI is InChI=1S/C26H25N5O4/c32-20-5-7-31(8-6-20)14-16-9-18(13-27-12-16)17-1-3-22-21(10-17)25(30-29-22)26(33)28-19-2-4-23-24(11-19)35-15-34-23/h1-4,9-13,20,32H,5-8,14-15H2,(H,28,33)(H,29,30). The summed E-state index contributed by atoms with van der Waals surface area (Å²) in [5.74, 6) is 0.947. The zero-order chi connectivity index (χ0) is 23.8. The van der Waals surface area contributed by atoms with Crippen LogP contribution in [-0.2, 0) is 6.54 Å². The summed E-state index contributed by atoms with van der Waals surface area (Å²) in [5.41, 5.74) is 4.75. The molecule has 1 fully saturated rings. The number of aromatic nitrogens is 3. The molecule has 2 aromatic carbocycles. The molecule has 1 saturated heterocycles. The number of rotatable bonds is 5. The molecule has 0 radical (unpaired) electrons. The molecule has 178 valence electrons. The molecule has 35 heavy (non-hydrogen) atoms. The Morgan fingerprint density at radius 1 is 1.06 bits per heavy atom. The van der Waals surface area contributed by atoms with E-state index in [9.17, 15) is 9.90 Å². The molecule has 4 aromatic rings. The van der Waals surface area contributed by atoms with Gasteiger partial charge >= 0.3 is 0 Å². The molecule has 0 atom stereocenters. The number of fused-ring (bicyclic) bond motifs is 2. The minimum absolute atomic E-state index is 0.177. The highest BCUT2D eigenvalue weighted by Gasteiger charge is 2.19. The maximum atomic E-state index is 13.0. The van der Waals surface area contributed by atoms with Gasteiger partial charge in [-0.1, -0.05) is 6.07 Å². The Hall–Kier alpha value is -3.95. The smallest absolute Gasteiger partial charge is 0.276 e. The van der Waals surface area contributed by atoms with Gasteiger partial charge in [0.1, 0.15) is 0 Å². The molecule has 4 heterocycles. The van der Waals surface area contributed by atoms with Gasteiger partial charge in [0, 0.05) is 54.7 Å². The van der Waals surface area contributed by atoms with Gasteiger partial charge in [0.15, 0.2) is 17.2 Å². The van der Waals surface area contributed by atoms with Gasteiger partial charge in [-0.25, -0.2) is 0 Å². The molecule has 0 saturated carbocycles. The molecule has 2 aliphatic heterocycles. The number of hydrogen-bond donors (Lipinski definition) is 3. The van der Waals surface area contributed by atoms with E-state index in [-0.39, 0.29) is 18.8 Å². The summed E-state index contributed by atoms with van der Waals surface area (Å²) in [6.45, 7) is 2.74. The van der Waals surface area contributed by atoms with Crippen LogP contribution >= 0.6 is 0 Å². The van der Waals surface area contributed by atoms with E-state index < -0.39 is 0 Å². The van der Waals surface area contributed by atoms with Crippen molar-refractivity contribution in [1.82, 2.24) is 20.1 Å². The molecule has 6 rings (SSSR count). The summed E-state index contributed by atoms with van der Waals surface area (Å²) >= 11 is 0. The van der Waals surface area contributed by atoms with Crippen LogP contribution in [0.1, 0.15) is 28.9 Å². The van der Waals surface area contributed by atoms with Crippen LogP contribution < -0.4 is 14.8 Å². The van der Waals surface area contributed by atoms with Crippen LogP contribution in [0.15, 0.2) is 54.9 Å². The first-order valence-electron chi connectivity index (χ1n) is 11.7. The molecular weight excluding hydrogens is 446 g/mol. The van der Waals surface area contributed by atoms with Crippen molar-refractivity contribution in [2.45, 2.75) is 25.5 Å².